The molecule has 1 aliphatic rings. The molecule has 1 aromatic carbocycles. The average Bonchev–Trinajstić information content (AvgIpc) is 2.64. The van der Waals surface area contributed by atoms with E-state index in [0.717, 1.165) is 19.6 Å². The lowest BCUT2D eigenvalue weighted by molar-refractivity contribution is 0.0206. The van der Waals surface area contributed by atoms with E-state index >= 15 is 0 Å². The zero-order chi connectivity index (χ0) is 17.4. The lowest BCUT2D eigenvalue weighted by atomic mass is 10.1. The molecule has 1 saturated heterocycles. The van der Waals surface area contributed by atoms with Gasteiger partial charge in [0.15, 0.2) is 11.5 Å². The van der Waals surface area contributed by atoms with Crippen molar-refractivity contribution in [3.05, 3.63) is 17.7 Å². The van der Waals surface area contributed by atoms with Gasteiger partial charge in [-0.25, -0.2) is 5.48 Å². The van der Waals surface area contributed by atoms with E-state index in [4.69, 9.17) is 19.0 Å². The van der Waals surface area contributed by atoms with Gasteiger partial charge < -0.3 is 19.1 Å². The normalized spacial score (nSPS) is 15.0. The van der Waals surface area contributed by atoms with E-state index < -0.39 is 0 Å². The van der Waals surface area contributed by atoms with Crippen LogP contribution >= 0.6 is 0 Å². The van der Waals surface area contributed by atoms with Crippen LogP contribution in [0, 0.1) is 0 Å². The summed E-state index contributed by atoms with van der Waals surface area (Å²) in [5.74, 6) is 0.945. The Morgan fingerprint density at radius 1 is 1.04 bits per heavy atom. The van der Waals surface area contributed by atoms with Gasteiger partial charge in [0.25, 0.3) is 5.91 Å². The summed E-state index contributed by atoms with van der Waals surface area (Å²) in [4.78, 5) is 19.9. The van der Waals surface area contributed by atoms with E-state index in [1.54, 1.807) is 12.1 Å². The molecule has 24 heavy (non-hydrogen) atoms. The van der Waals surface area contributed by atoms with Gasteiger partial charge in [0.2, 0.25) is 5.75 Å². The molecule has 0 unspecified atom stereocenters. The Bertz CT molecular complexity index is 519. The number of amides is 1. The first-order valence-electron chi connectivity index (χ1n) is 8.14. The standard InChI is InChI=1S/C17H26N2O5/c1-21-14-11-13(12-15(22-2)16(14)23-3)17(20)18-24-10-9-19-7-5-4-6-8-19/h11-12H,4-10H2,1-3H3,(H,18,20). The fourth-order valence-corrected chi connectivity index (χ4v) is 2.75. The van der Waals surface area contributed by atoms with E-state index in [-0.39, 0.29) is 5.91 Å². The number of hydroxylamine groups is 1. The Kier molecular flexibility index (Phi) is 7.14. The fraction of sp³-hybridized carbons (Fsp3) is 0.588. The number of nitrogens with zero attached hydrogens (tertiary/aromatic N) is 1. The van der Waals surface area contributed by atoms with Gasteiger partial charge in [-0.1, -0.05) is 6.42 Å². The third-order valence-electron chi connectivity index (χ3n) is 4.05. The van der Waals surface area contributed by atoms with Gasteiger partial charge in [0.05, 0.1) is 27.9 Å². The van der Waals surface area contributed by atoms with Crippen molar-refractivity contribution in [3.8, 4) is 17.2 Å². The highest BCUT2D eigenvalue weighted by Crippen LogP contribution is 2.38. The lowest BCUT2D eigenvalue weighted by Gasteiger charge is -2.25. The summed E-state index contributed by atoms with van der Waals surface area (Å²) in [5.41, 5.74) is 2.84. The molecular weight excluding hydrogens is 312 g/mol. The first-order valence-corrected chi connectivity index (χ1v) is 8.14. The summed E-state index contributed by atoms with van der Waals surface area (Å²) in [5, 5.41) is 0. The zero-order valence-electron chi connectivity index (χ0n) is 14.6. The number of likely N-dealkylation sites (tertiary alicyclic amines) is 1. The number of benzene rings is 1. The van der Waals surface area contributed by atoms with E-state index in [9.17, 15) is 4.79 Å². The molecule has 0 atom stereocenters. The predicted molar refractivity (Wildman–Crippen MR) is 89.8 cm³/mol. The maximum absolute atomic E-state index is 12.2. The highest BCUT2D eigenvalue weighted by atomic mass is 16.7. The van der Waals surface area contributed by atoms with Crippen molar-refractivity contribution in [2.24, 2.45) is 0 Å². The third kappa shape index (κ3) is 4.75. The van der Waals surface area contributed by atoms with Crippen molar-refractivity contribution in [1.82, 2.24) is 10.4 Å². The summed E-state index contributed by atoms with van der Waals surface area (Å²) in [6, 6.07) is 3.18. The molecule has 1 fully saturated rings. The maximum atomic E-state index is 12.2. The number of carbonyl (C=O) groups excluding carboxylic acids is 1. The van der Waals surface area contributed by atoms with Crippen LogP contribution in [-0.4, -0.2) is 58.4 Å². The first-order chi connectivity index (χ1) is 11.7. The molecule has 2 rings (SSSR count). The second-order valence-corrected chi connectivity index (χ2v) is 5.60. The van der Waals surface area contributed by atoms with Crippen molar-refractivity contribution < 1.29 is 23.8 Å². The molecule has 134 valence electrons. The van der Waals surface area contributed by atoms with Crippen LogP contribution in [0.2, 0.25) is 0 Å². The Hall–Kier alpha value is -1.99. The Labute approximate surface area is 142 Å². The number of hydrogen-bond acceptors (Lipinski definition) is 6. The van der Waals surface area contributed by atoms with Crippen molar-refractivity contribution in [2.45, 2.75) is 19.3 Å². The minimum Gasteiger partial charge on any atom is -0.493 e. The summed E-state index contributed by atoms with van der Waals surface area (Å²) in [7, 11) is 4.53. The minimum atomic E-state index is -0.354. The van der Waals surface area contributed by atoms with Crippen LogP contribution in [0.15, 0.2) is 12.1 Å². The van der Waals surface area contributed by atoms with Crippen molar-refractivity contribution >= 4 is 5.91 Å². The molecule has 1 amide bonds. The molecule has 7 nitrogen and oxygen atoms in total. The van der Waals surface area contributed by atoms with Gasteiger partial charge in [0.1, 0.15) is 0 Å². The van der Waals surface area contributed by atoms with Gasteiger partial charge >= 0.3 is 0 Å². The van der Waals surface area contributed by atoms with E-state index in [0.29, 0.717) is 29.4 Å². The molecule has 0 aromatic heterocycles. The smallest absolute Gasteiger partial charge is 0.275 e. The predicted octanol–water partition coefficient (Wildman–Crippen LogP) is 1.86. The summed E-state index contributed by atoms with van der Waals surface area (Å²) < 4.78 is 15.7. The molecule has 0 bridgehead atoms. The number of hydrogen-bond donors (Lipinski definition) is 1. The maximum Gasteiger partial charge on any atom is 0.275 e. The van der Waals surface area contributed by atoms with Crippen LogP contribution in [0.25, 0.3) is 0 Å². The summed E-state index contributed by atoms with van der Waals surface area (Å²) in [6.45, 7) is 3.47. The van der Waals surface area contributed by atoms with Crippen molar-refractivity contribution in [2.75, 3.05) is 47.6 Å². The Balaban J connectivity index is 1.89. The molecule has 1 aromatic rings. The van der Waals surface area contributed by atoms with Crippen LogP contribution in [0.4, 0.5) is 0 Å². The molecule has 7 heteroatoms. The average molecular weight is 338 g/mol. The van der Waals surface area contributed by atoms with Crippen LogP contribution in [0.5, 0.6) is 17.2 Å². The van der Waals surface area contributed by atoms with E-state index in [1.165, 1.54) is 40.6 Å². The van der Waals surface area contributed by atoms with Crippen LogP contribution in [0.1, 0.15) is 29.6 Å². The second kappa shape index (κ2) is 9.34. The Morgan fingerprint density at radius 2 is 1.67 bits per heavy atom. The Morgan fingerprint density at radius 3 is 2.21 bits per heavy atom. The quantitative estimate of drug-likeness (QED) is 0.576. The highest BCUT2D eigenvalue weighted by Gasteiger charge is 2.17. The molecule has 0 spiro atoms. The monoisotopic (exact) mass is 338 g/mol. The molecule has 1 N–H and O–H groups in total. The SMILES string of the molecule is COc1cc(C(=O)NOCCN2CCCCC2)cc(OC)c1OC. The van der Waals surface area contributed by atoms with Crippen LogP contribution < -0.4 is 19.7 Å². The summed E-state index contributed by atoms with van der Waals surface area (Å²) in [6.07, 6.45) is 3.77. The van der Waals surface area contributed by atoms with Crippen molar-refractivity contribution in [3.63, 3.8) is 0 Å². The molecule has 1 heterocycles. The second-order valence-electron chi connectivity index (χ2n) is 5.60. The van der Waals surface area contributed by atoms with Crippen LogP contribution in [0.3, 0.4) is 0 Å². The minimum absolute atomic E-state index is 0.354. The number of nitrogens with one attached hydrogen (secondary N) is 1. The molecule has 0 saturated carbocycles. The first kappa shape index (κ1) is 18.4. The highest BCUT2D eigenvalue weighted by molar-refractivity contribution is 5.95. The topological polar surface area (TPSA) is 69.3 Å². The van der Waals surface area contributed by atoms with Gasteiger partial charge in [0, 0.05) is 12.1 Å². The molecule has 1 aliphatic heterocycles. The van der Waals surface area contributed by atoms with Crippen LogP contribution in [-0.2, 0) is 4.84 Å². The molecular formula is C17H26N2O5. The summed E-state index contributed by atoms with van der Waals surface area (Å²) >= 11 is 0. The van der Waals surface area contributed by atoms with E-state index in [1.807, 2.05) is 0 Å². The number of methoxy groups -OCH3 is 3. The molecule has 0 aliphatic carbocycles. The van der Waals surface area contributed by atoms with Crippen molar-refractivity contribution in [1.29, 1.82) is 0 Å². The fourth-order valence-electron chi connectivity index (χ4n) is 2.75. The number of piperidine rings is 1. The lowest BCUT2D eigenvalue weighted by Crippen LogP contribution is -2.35. The molecule has 0 radical (unpaired) electrons. The van der Waals surface area contributed by atoms with Gasteiger partial charge in [-0.3, -0.25) is 9.63 Å². The third-order valence-corrected chi connectivity index (χ3v) is 4.05. The van der Waals surface area contributed by atoms with E-state index in [2.05, 4.69) is 10.4 Å². The zero-order valence-corrected chi connectivity index (χ0v) is 14.6. The van der Waals surface area contributed by atoms with Gasteiger partial charge in [-0.05, 0) is 38.1 Å². The van der Waals surface area contributed by atoms with Gasteiger partial charge in [-0.15, -0.1) is 0 Å². The number of carbonyl (C=O) groups is 1. The number of rotatable bonds is 8. The number of ether oxygens (including phenoxy) is 3. The van der Waals surface area contributed by atoms with Gasteiger partial charge in [-0.2, -0.15) is 0 Å². The largest absolute Gasteiger partial charge is 0.493 e.